The molecule has 1 saturated carbocycles. The first-order valence-corrected chi connectivity index (χ1v) is 7.95. The van der Waals surface area contributed by atoms with Crippen molar-refractivity contribution in [3.05, 3.63) is 29.8 Å². The van der Waals surface area contributed by atoms with Crippen LogP contribution < -0.4 is 16.4 Å². The summed E-state index contributed by atoms with van der Waals surface area (Å²) in [6.45, 7) is 1.42. The Balaban J connectivity index is 2.03. The van der Waals surface area contributed by atoms with Gasteiger partial charge in [0.25, 0.3) is 5.91 Å². The molecule has 1 atom stereocenters. The molecule has 6 nitrogen and oxygen atoms in total. The van der Waals surface area contributed by atoms with Gasteiger partial charge in [0.2, 0.25) is 11.8 Å². The molecule has 3 amide bonds. The van der Waals surface area contributed by atoms with Gasteiger partial charge in [0.05, 0.1) is 0 Å². The number of amides is 3. The van der Waals surface area contributed by atoms with Crippen LogP contribution in [0.5, 0.6) is 0 Å². The Bertz CT molecular complexity index is 577. The zero-order chi connectivity index (χ0) is 16.8. The highest BCUT2D eigenvalue weighted by atomic mass is 16.2. The largest absolute Gasteiger partial charge is 0.368 e. The molecule has 4 N–H and O–H groups in total. The minimum absolute atomic E-state index is 0.115. The number of nitrogens with two attached hydrogens (primary N) is 1. The van der Waals surface area contributed by atoms with Crippen LogP contribution in [-0.4, -0.2) is 23.8 Å². The van der Waals surface area contributed by atoms with Crippen LogP contribution in [0.1, 0.15) is 49.4 Å². The summed E-state index contributed by atoms with van der Waals surface area (Å²) in [5, 5.41) is 5.40. The first kappa shape index (κ1) is 17.0. The number of nitrogens with one attached hydrogen (secondary N) is 2. The van der Waals surface area contributed by atoms with Gasteiger partial charge in [0, 0.05) is 18.2 Å². The molecule has 0 radical (unpaired) electrons. The molecule has 1 fully saturated rings. The quantitative estimate of drug-likeness (QED) is 0.772. The fraction of sp³-hybridized carbons (Fsp3) is 0.471. The lowest BCUT2D eigenvalue weighted by Gasteiger charge is -2.28. The van der Waals surface area contributed by atoms with Gasteiger partial charge in [-0.15, -0.1) is 0 Å². The summed E-state index contributed by atoms with van der Waals surface area (Å²) >= 11 is 0. The van der Waals surface area contributed by atoms with Crippen molar-refractivity contribution in [2.45, 2.75) is 45.1 Å². The Kier molecular flexibility index (Phi) is 5.73. The molecule has 1 aromatic rings. The molecule has 0 spiro atoms. The number of carbonyl (C=O) groups excluding carboxylic acids is 3. The molecular formula is C17H23N3O3. The Morgan fingerprint density at radius 2 is 1.70 bits per heavy atom. The van der Waals surface area contributed by atoms with Crippen molar-refractivity contribution in [1.82, 2.24) is 5.32 Å². The lowest BCUT2D eigenvalue weighted by molar-refractivity contribution is -0.121. The van der Waals surface area contributed by atoms with E-state index in [0.29, 0.717) is 11.3 Å². The van der Waals surface area contributed by atoms with Crippen LogP contribution >= 0.6 is 0 Å². The van der Waals surface area contributed by atoms with Crippen LogP contribution in [0.25, 0.3) is 0 Å². The number of rotatable bonds is 5. The zero-order valence-corrected chi connectivity index (χ0v) is 13.3. The van der Waals surface area contributed by atoms with Crippen LogP contribution in [0.2, 0.25) is 0 Å². The number of hydrogen-bond donors (Lipinski definition) is 3. The van der Waals surface area contributed by atoms with E-state index >= 15 is 0 Å². The SMILES string of the molecule is CC(=O)Nc1ccc(C(=O)N[C@H](C(N)=O)C2CCCCC2)cc1. The first-order chi connectivity index (χ1) is 11.0. The minimum atomic E-state index is -0.627. The molecule has 1 aliphatic carbocycles. The Hall–Kier alpha value is -2.37. The summed E-state index contributed by atoms with van der Waals surface area (Å²) in [5.41, 5.74) is 6.52. The van der Waals surface area contributed by atoms with Crippen molar-refractivity contribution >= 4 is 23.4 Å². The number of primary amides is 1. The molecule has 1 aromatic carbocycles. The summed E-state index contributed by atoms with van der Waals surface area (Å²) in [4.78, 5) is 35.0. The smallest absolute Gasteiger partial charge is 0.251 e. The number of benzene rings is 1. The van der Waals surface area contributed by atoms with Gasteiger partial charge < -0.3 is 16.4 Å². The van der Waals surface area contributed by atoms with E-state index in [2.05, 4.69) is 10.6 Å². The van der Waals surface area contributed by atoms with Crippen molar-refractivity contribution < 1.29 is 14.4 Å². The van der Waals surface area contributed by atoms with Gasteiger partial charge in [0.1, 0.15) is 6.04 Å². The summed E-state index contributed by atoms with van der Waals surface area (Å²) < 4.78 is 0. The highest BCUT2D eigenvalue weighted by Gasteiger charge is 2.29. The Morgan fingerprint density at radius 3 is 2.22 bits per heavy atom. The average Bonchev–Trinajstić information content (AvgIpc) is 2.53. The monoisotopic (exact) mass is 317 g/mol. The highest BCUT2D eigenvalue weighted by Crippen LogP contribution is 2.26. The molecule has 2 rings (SSSR count). The van der Waals surface area contributed by atoms with Crippen LogP contribution in [0.3, 0.4) is 0 Å². The van der Waals surface area contributed by atoms with E-state index < -0.39 is 11.9 Å². The standard InChI is InChI=1S/C17H23N3O3/c1-11(21)19-14-9-7-13(8-10-14)17(23)20-15(16(18)22)12-5-3-2-4-6-12/h7-10,12,15H,2-6H2,1H3,(H2,18,22)(H,19,21)(H,20,23)/t15-/m0/s1. The maximum atomic E-state index is 12.3. The van der Waals surface area contributed by atoms with Crippen LogP contribution in [-0.2, 0) is 9.59 Å². The summed E-state index contributed by atoms with van der Waals surface area (Å²) in [6, 6.07) is 5.89. The minimum Gasteiger partial charge on any atom is -0.368 e. The summed E-state index contributed by atoms with van der Waals surface area (Å²) in [6.07, 6.45) is 5.12. The average molecular weight is 317 g/mol. The predicted octanol–water partition coefficient (Wildman–Crippen LogP) is 1.81. The van der Waals surface area contributed by atoms with Gasteiger partial charge in [-0.25, -0.2) is 0 Å². The van der Waals surface area contributed by atoms with Gasteiger partial charge in [-0.05, 0) is 43.0 Å². The molecule has 23 heavy (non-hydrogen) atoms. The third-order valence-corrected chi connectivity index (χ3v) is 4.18. The molecule has 0 unspecified atom stereocenters. The van der Waals surface area contributed by atoms with Gasteiger partial charge in [-0.3, -0.25) is 14.4 Å². The molecule has 124 valence electrons. The lowest BCUT2D eigenvalue weighted by Crippen LogP contribution is -2.49. The number of anilines is 1. The molecule has 6 heteroatoms. The Morgan fingerprint density at radius 1 is 1.09 bits per heavy atom. The molecule has 1 aliphatic rings. The zero-order valence-electron chi connectivity index (χ0n) is 13.3. The van der Waals surface area contributed by atoms with Crippen molar-refractivity contribution in [3.63, 3.8) is 0 Å². The van der Waals surface area contributed by atoms with Gasteiger partial charge >= 0.3 is 0 Å². The van der Waals surface area contributed by atoms with Crippen LogP contribution in [0.4, 0.5) is 5.69 Å². The number of carbonyl (C=O) groups is 3. The van der Waals surface area contributed by atoms with Crippen molar-refractivity contribution in [1.29, 1.82) is 0 Å². The van der Waals surface area contributed by atoms with E-state index in [0.717, 1.165) is 25.7 Å². The van der Waals surface area contributed by atoms with Crippen molar-refractivity contribution in [2.24, 2.45) is 11.7 Å². The maximum absolute atomic E-state index is 12.3. The van der Waals surface area contributed by atoms with Crippen LogP contribution in [0, 0.1) is 5.92 Å². The first-order valence-electron chi connectivity index (χ1n) is 7.95. The fourth-order valence-electron chi connectivity index (χ4n) is 3.02. The topological polar surface area (TPSA) is 101 Å². The fourth-order valence-corrected chi connectivity index (χ4v) is 3.02. The second-order valence-corrected chi connectivity index (χ2v) is 6.01. The van der Waals surface area contributed by atoms with Crippen molar-refractivity contribution in [3.8, 4) is 0 Å². The van der Waals surface area contributed by atoms with E-state index in [1.165, 1.54) is 13.3 Å². The molecule has 0 aromatic heterocycles. The summed E-state index contributed by atoms with van der Waals surface area (Å²) in [5.74, 6) is -0.869. The molecule has 0 heterocycles. The molecule has 0 bridgehead atoms. The maximum Gasteiger partial charge on any atom is 0.251 e. The van der Waals surface area contributed by atoms with E-state index in [4.69, 9.17) is 5.73 Å². The summed E-state index contributed by atoms with van der Waals surface area (Å²) in [7, 11) is 0. The second-order valence-electron chi connectivity index (χ2n) is 6.01. The third kappa shape index (κ3) is 4.81. The lowest BCUT2D eigenvalue weighted by atomic mass is 9.83. The predicted molar refractivity (Wildman–Crippen MR) is 87.8 cm³/mol. The molecule has 0 aliphatic heterocycles. The normalized spacial score (nSPS) is 16.4. The molecule has 0 saturated heterocycles. The number of hydrogen-bond acceptors (Lipinski definition) is 3. The molecular weight excluding hydrogens is 294 g/mol. The van der Waals surface area contributed by atoms with Gasteiger partial charge in [-0.2, -0.15) is 0 Å². The van der Waals surface area contributed by atoms with Crippen molar-refractivity contribution in [2.75, 3.05) is 5.32 Å². The van der Waals surface area contributed by atoms with Gasteiger partial charge in [-0.1, -0.05) is 19.3 Å². The third-order valence-electron chi connectivity index (χ3n) is 4.18. The second kappa shape index (κ2) is 7.76. The van der Waals surface area contributed by atoms with E-state index in [1.807, 2.05) is 0 Å². The van der Waals surface area contributed by atoms with E-state index in [-0.39, 0.29) is 17.7 Å². The van der Waals surface area contributed by atoms with Crippen LogP contribution in [0.15, 0.2) is 24.3 Å². The van der Waals surface area contributed by atoms with E-state index in [1.54, 1.807) is 24.3 Å². The van der Waals surface area contributed by atoms with Gasteiger partial charge in [0.15, 0.2) is 0 Å². The van der Waals surface area contributed by atoms with E-state index in [9.17, 15) is 14.4 Å². The Labute approximate surface area is 135 Å². The highest BCUT2D eigenvalue weighted by molar-refractivity contribution is 5.98.